The molecule has 0 saturated carbocycles. The minimum Gasteiger partial charge on any atom is -0.494 e. The minimum absolute atomic E-state index is 0.257. The molecule has 0 bridgehead atoms. The highest BCUT2D eigenvalue weighted by molar-refractivity contribution is 5.30. The SMILES string of the molecule is FC(F)(F)c1cccc(OCCCc2ccccc2)c1. The van der Waals surface area contributed by atoms with Crippen molar-refractivity contribution < 1.29 is 17.9 Å². The van der Waals surface area contributed by atoms with Gasteiger partial charge >= 0.3 is 6.18 Å². The van der Waals surface area contributed by atoms with Gasteiger partial charge in [-0.3, -0.25) is 0 Å². The highest BCUT2D eigenvalue weighted by atomic mass is 19.4. The van der Waals surface area contributed by atoms with E-state index in [4.69, 9.17) is 4.74 Å². The monoisotopic (exact) mass is 280 g/mol. The van der Waals surface area contributed by atoms with Crippen molar-refractivity contribution in [3.05, 3.63) is 65.7 Å². The summed E-state index contributed by atoms with van der Waals surface area (Å²) < 4.78 is 42.9. The molecule has 0 aliphatic heterocycles. The molecule has 0 saturated heterocycles. The van der Waals surface area contributed by atoms with E-state index < -0.39 is 11.7 Å². The first kappa shape index (κ1) is 14.4. The van der Waals surface area contributed by atoms with Gasteiger partial charge in [0.2, 0.25) is 0 Å². The van der Waals surface area contributed by atoms with E-state index in [-0.39, 0.29) is 5.75 Å². The summed E-state index contributed by atoms with van der Waals surface area (Å²) in [5.41, 5.74) is 0.512. The van der Waals surface area contributed by atoms with Crippen LogP contribution < -0.4 is 4.74 Å². The Morgan fingerprint density at radius 3 is 2.35 bits per heavy atom. The van der Waals surface area contributed by atoms with Gasteiger partial charge in [0.15, 0.2) is 0 Å². The molecular formula is C16H15F3O. The predicted molar refractivity (Wildman–Crippen MR) is 71.7 cm³/mol. The Morgan fingerprint density at radius 2 is 1.65 bits per heavy atom. The maximum Gasteiger partial charge on any atom is 0.416 e. The summed E-state index contributed by atoms with van der Waals surface area (Å²) in [4.78, 5) is 0. The molecule has 0 radical (unpaired) electrons. The number of alkyl halides is 3. The van der Waals surface area contributed by atoms with Crippen molar-refractivity contribution in [2.75, 3.05) is 6.61 Å². The Kier molecular flexibility index (Phi) is 4.66. The summed E-state index contributed by atoms with van der Waals surface area (Å²) in [6.45, 7) is 0.399. The molecule has 20 heavy (non-hydrogen) atoms. The van der Waals surface area contributed by atoms with Gasteiger partial charge in [-0.1, -0.05) is 36.4 Å². The maximum atomic E-state index is 12.5. The molecule has 0 unspecified atom stereocenters. The molecular weight excluding hydrogens is 265 g/mol. The van der Waals surface area contributed by atoms with E-state index in [2.05, 4.69) is 0 Å². The summed E-state index contributed by atoms with van der Waals surface area (Å²) in [6.07, 6.45) is -2.72. The van der Waals surface area contributed by atoms with Crippen LogP contribution in [-0.4, -0.2) is 6.61 Å². The van der Waals surface area contributed by atoms with Crippen LogP contribution in [0.5, 0.6) is 5.75 Å². The maximum absolute atomic E-state index is 12.5. The third-order valence-electron chi connectivity index (χ3n) is 2.88. The number of halogens is 3. The summed E-state index contributed by atoms with van der Waals surface area (Å²) in [7, 11) is 0. The molecule has 0 atom stereocenters. The van der Waals surface area contributed by atoms with Gasteiger partial charge in [-0.05, 0) is 36.6 Å². The molecule has 106 valence electrons. The second kappa shape index (κ2) is 6.46. The zero-order chi connectivity index (χ0) is 14.4. The molecule has 0 aromatic heterocycles. The molecule has 0 spiro atoms. The first-order chi connectivity index (χ1) is 9.55. The van der Waals surface area contributed by atoms with Crippen molar-refractivity contribution in [2.45, 2.75) is 19.0 Å². The van der Waals surface area contributed by atoms with Crippen LogP contribution in [0.25, 0.3) is 0 Å². The summed E-state index contributed by atoms with van der Waals surface area (Å²) in [5.74, 6) is 0.257. The first-order valence-electron chi connectivity index (χ1n) is 6.40. The zero-order valence-corrected chi connectivity index (χ0v) is 10.9. The Balaban J connectivity index is 1.83. The lowest BCUT2D eigenvalue weighted by atomic mass is 10.1. The normalized spacial score (nSPS) is 11.3. The number of hydrogen-bond acceptors (Lipinski definition) is 1. The fraction of sp³-hybridized carbons (Fsp3) is 0.250. The number of aryl methyl sites for hydroxylation is 1. The lowest BCUT2D eigenvalue weighted by Crippen LogP contribution is -2.05. The number of hydrogen-bond donors (Lipinski definition) is 0. The smallest absolute Gasteiger partial charge is 0.416 e. The van der Waals surface area contributed by atoms with E-state index in [9.17, 15) is 13.2 Å². The predicted octanol–water partition coefficient (Wildman–Crippen LogP) is 4.72. The first-order valence-corrected chi connectivity index (χ1v) is 6.40. The van der Waals surface area contributed by atoms with E-state index in [0.29, 0.717) is 6.61 Å². The topological polar surface area (TPSA) is 9.23 Å². The molecule has 2 rings (SSSR count). The quantitative estimate of drug-likeness (QED) is 0.720. The van der Waals surface area contributed by atoms with Gasteiger partial charge in [-0.2, -0.15) is 13.2 Å². The van der Waals surface area contributed by atoms with Gasteiger partial charge < -0.3 is 4.74 Å². The molecule has 0 aliphatic carbocycles. The number of rotatable bonds is 5. The van der Waals surface area contributed by atoms with Crippen molar-refractivity contribution in [1.82, 2.24) is 0 Å². The lowest BCUT2D eigenvalue weighted by Gasteiger charge is -2.10. The van der Waals surface area contributed by atoms with Crippen LogP contribution in [0.1, 0.15) is 17.5 Å². The summed E-state index contributed by atoms with van der Waals surface area (Å²) in [5, 5.41) is 0. The van der Waals surface area contributed by atoms with Crippen LogP contribution in [0.2, 0.25) is 0 Å². The average Bonchev–Trinajstić information content (AvgIpc) is 2.44. The fourth-order valence-corrected chi connectivity index (χ4v) is 1.87. The van der Waals surface area contributed by atoms with E-state index in [0.717, 1.165) is 25.0 Å². The van der Waals surface area contributed by atoms with Gasteiger partial charge in [0.25, 0.3) is 0 Å². The van der Waals surface area contributed by atoms with Crippen LogP contribution in [0.4, 0.5) is 13.2 Å². The van der Waals surface area contributed by atoms with Crippen LogP contribution in [0.3, 0.4) is 0 Å². The average molecular weight is 280 g/mol. The van der Waals surface area contributed by atoms with Gasteiger partial charge in [-0.15, -0.1) is 0 Å². The Morgan fingerprint density at radius 1 is 0.900 bits per heavy atom. The molecule has 2 aromatic rings. The van der Waals surface area contributed by atoms with Gasteiger partial charge in [0, 0.05) is 0 Å². The van der Waals surface area contributed by atoms with E-state index in [1.807, 2.05) is 30.3 Å². The van der Waals surface area contributed by atoms with Crippen LogP contribution in [-0.2, 0) is 12.6 Å². The highest BCUT2D eigenvalue weighted by Gasteiger charge is 2.30. The Bertz CT molecular complexity index is 535. The van der Waals surface area contributed by atoms with Crippen molar-refractivity contribution in [1.29, 1.82) is 0 Å². The molecule has 4 heteroatoms. The van der Waals surface area contributed by atoms with Crippen LogP contribution >= 0.6 is 0 Å². The molecule has 0 aliphatic rings. The largest absolute Gasteiger partial charge is 0.494 e. The number of benzene rings is 2. The molecule has 1 nitrogen and oxygen atoms in total. The summed E-state index contributed by atoms with van der Waals surface area (Å²) >= 11 is 0. The van der Waals surface area contributed by atoms with Gasteiger partial charge in [-0.25, -0.2) is 0 Å². The molecule has 0 heterocycles. The minimum atomic E-state index is -4.33. The second-order valence-electron chi connectivity index (χ2n) is 4.46. The Hall–Kier alpha value is -1.97. The van der Waals surface area contributed by atoms with Crippen LogP contribution in [0, 0.1) is 0 Å². The molecule has 0 N–H and O–H groups in total. The third kappa shape index (κ3) is 4.30. The van der Waals surface area contributed by atoms with E-state index in [1.54, 1.807) is 0 Å². The molecule has 0 amide bonds. The standard InChI is InChI=1S/C16H15F3O/c17-16(18,19)14-9-4-10-15(12-14)20-11-5-8-13-6-2-1-3-7-13/h1-4,6-7,9-10,12H,5,8,11H2. The van der Waals surface area contributed by atoms with Crippen LogP contribution in [0.15, 0.2) is 54.6 Å². The van der Waals surface area contributed by atoms with Gasteiger partial charge in [0.1, 0.15) is 5.75 Å². The fourth-order valence-electron chi connectivity index (χ4n) is 1.87. The number of ether oxygens (including phenoxy) is 1. The molecule has 2 aromatic carbocycles. The van der Waals surface area contributed by atoms with Crippen molar-refractivity contribution in [3.63, 3.8) is 0 Å². The highest BCUT2D eigenvalue weighted by Crippen LogP contribution is 2.31. The van der Waals surface area contributed by atoms with E-state index in [1.165, 1.54) is 17.7 Å². The van der Waals surface area contributed by atoms with Crippen molar-refractivity contribution in [3.8, 4) is 5.75 Å². The van der Waals surface area contributed by atoms with E-state index >= 15 is 0 Å². The van der Waals surface area contributed by atoms with Gasteiger partial charge in [0.05, 0.1) is 12.2 Å². The Labute approximate surface area is 116 Å². The lowest BCUT2D eigenvalue weighted by molar-refractivity contribution is -0.137. The van der Waals surface area contributed by atoms with Crippen molar-refractivity contribution >= 4 is 0 Å². The zero-order valence-electron chi connectivity index (χ0n) is 10.9. The third-order valence-corrected chi connectivity index (χ3v) is 2.88. The molecule has 0 fully saturated rings. The summed E-state index contributed by atoms with van der Waals surface area (Å²) in [6, 6.07) is 14.9. The van der Waals surface area contributed by atoms with Crippen molar-refractivity contribution in [2.24, 2.45) is 0 Å². The second-order valence-corrected chi connectivity index (χ2v) is 4.46.